The van der Waals surface area contributed by atoms with Gasteiger partial charge in [0.05, 0.1) is 18.4 Å². The number of fused-ring (bicyclic) bond motifs is 1. The molecule has 0 saturated carbocycles. The van der Waals surface area contributed by atoms with E-state index in [9.17, 15) is 9.18 Å². The highest BCUT2D eigenvalue weighted by atomic mass is 35.5. The van der Waals surface area contributed by atoms with Gasteiger partial charge < -0.3 is 9.64 Å². The second-order valence-electron chi connectivity index (χ2n) is 6.53. The van der Waals surface area contributed by atoms with Gasteiger partial charge in [0.2, 0.25) is 11.8 Å². The molecule has 1 aliphatic heterocycles. The molecule has 0 unspecified atom stereocenters. The predicted molar refractivity (Wildman–Crippen MR) is 102 cm³/mol. The van der Waals surface area contributed by atoms with Crippen molar-refractivity contribution in [1.29, 1.82) is 0 Å². The Kier molecular flexibility index (Phi) is 5.25. The number of rotatable bonds is 5. The lowest BCUT2D eigenvalue weighted by Gasteiger charge is -2.33. The van der Waals surface area contributed by atoms with E-state index in [4.69, 9.17) is 16.5 Å². The predicted octanol–water partition coefficient (Wildman–Crippen LogP) is 2.52. The maximum atomic E-state index is 13.4. The molecule has 0 radical (unpaired) electrons. The van der Waals surface area contributed by atoms with E-state index >= 15 is 0 Å². The molecule has 1 N–H and O–H groups in total. The van der Waals surface area contributed by atoms with Crippen molar-refractivity contribution in [1.82, 2.24) is 25.1 Å². The molecule has 10 heteroatoms. The molecule has 1 atom stereocenters. The maximum Gasteiger partial charge on any atom is 0.243 e. The van der Waals surface area contributed by atoms with Gasteiger partial charge in [0, 0.05) is 18.3 Å². The zero-order valence-electron chi connectivity index (χ0n) is 14.9. The first kappa shape index (κ1) is 18.4. The smallest absolute Gasteiger partial charge is 0.243 e. The third-order valence-electron chi connectivity index (χ3n) is 4.58. The molecule has 1 saturated heterocycles. The number of aromatic amines is 1. The highest BCUT2D eigenvalue weighted by Crippen LogP contribution is 2.23. The van der Waals surface area contributed by atoms with Crippen molar-refractivity contribution in [2.24, 2.45) is 0 Å². The first-order valence-electron chi connectivity index (χ1n) is 8.87. The molecule has 1 amide bonds. The number of anilines is 1. The quantitative estimate of drug-likeness (QED) is 0.657. The molecule has 28 heavy (non-hydrogen) atoms. The number of likely N-dealkylation sites (tertiary alicyclic amines) is 1. The van der Waals surface area contributed by atoms with E-state index < -0.39 is 5.82 Å². The van der Waals surface area contributed by atoms with E-state index in [-0.39, 0.29) is 18.6 Å². The largest absolute Gasteiger partial charge is 0.472 e. The summed E-state index contributed by atoms with van der Waals surface area (Å²) in [7, 11) is 0. The van der Waals surface area contributed by atoms with Crippen molar-refractivity contribution in [2.75, 3.05) is 24.1 Å². The van der Waals surface area contributed by atoms with Gasteiger partial charge in [0.25, 0.3) is 0 Å². The van der Waals surface area contributed by atoms with Crippen molar-refractivity contribution in [3.05, 3.63) is 42.6 Å². The average molecular weight is 405 g/mol. The van der Waals surface area contributed by atoms with Gasteiger partial charge >= 0.3 is 0 Å². The second-order valence-corrected chi connectivity index (χ2v) is 6.94. The standard InChI is InChI=1S/C18H18ClFN6O2/c19-26(13-4-1-3-12(20)7-13)10-16(27)25-6-2-5-14(9-25)28-18-15-8-23-24-17(15)21-11-22-18/h1,3-4,7-8,11,14H,2,5-6,9-10H2,(H,21,22,23,24)/t14-/m0/s1. The number of aromatic nitrogens is 4. The van der Waals surface area contributed by atoms with Crippen LogP contribution in [-0.4, -0.2) is 56.7 Å². The highest BCUT2D eigenvalue weighted by Gasteiger charge is 2.27. The minimum absolute atomic E-state index is 0.0583. The van der Waals surface area contributed by atoms with Crippen molar-refractivity contribution in [3.63, 3.8) is 0 Å². The third kappa shape index (κ3) is 3.99. The molecular formula is C18H18ClFN6O2. The van der Waals surface area contributed by atoms with Crippen LogP contribution in [0.15, 0.2) is 36.8 Å². The van der Waals surface area contributed by atoms with Gasteiger partial charge in [-0.3, -0.25) is 14.3 Å². The Morgan fingerprint density at radius 1 is 1.43 bits per heavy atom. The van der Waals surface area contributed by atoms with Crippen LogP contribution in [0.5, 0.6) is 5.88 Å². The van der Waals surface area contributed by atoms with Crippen LogP contribution < -0.4 is 9.16 Å². The summed E-state index contributed by atoms with van der Waals surface area (Å²) in [6.07, 6.45) is 4.44. The zero-order chi connectivity index (χ0) is 19.5. The van der Waals surface area contributed by atoms with Gasteiger partial charge in [-0.2, -0.15) is 5.10 Å². The Bertz CT molecular complexity index is 983. The molecule has 146 valence electrons. The van der Waals surface area contributed by atoms with Crippen LogP contribution >= 0.6 is 11.8 Å². The lowest BCUT2D eigenvalue weighted by molar-refractivity contribution is -0.132. The summed E-state index contributed by atoms with van der Waals surface area (Å²) >= 11 is 6.17. The van der Waals surface area contributed by atoms with Crippen molar-refractivity contribution in [3.8, 4) is 5.88 Å². The molecule has 1 aromatic carbocycles. The van der Waals surface area contributed by atoms with Crippen LogP contribution in [0.3, 0.4) is 0 Å². The van der Waals surface area contributed by atoms with Crippen molar-refractivity contribution < 1.29 is 13.9 Å². The normalized spacial score (nSPS) is 16.9. The van der Waals surface area contributed by atoms with Crippen LogP contribution in [0.25, 0.3) is 11.0 Å². The first-order chi connectivity index (χ1) is 13.6. The number of carbonyl (C=O) groups is 1. The number of halogens is 2. The van der Waals surface area contributed by atoms with E-state index in [1.165, 1.54) is 22.9 Å². The summed E-state index contributed by atoms with van der Waals surface area (Å²) in [5.74, 6) is -0.113. The maximum absolute atomic E-state index is 13.4. The van der Waals surface area contributed by atoms with Crippen LogP contribution in [0, 0.1) is 5.82 Å². The number of H-pyrrole nitrogens is 1. The van der Waals surface area contributed by atoms with Crippen LogP contribution in [0.1, 0.15) is 12.8 Å². The molecule has 1 aliphatic rings. The van der Waals surface area contributed by atoms with Gasteiger partial charge in [0.1, 0.15) is 30.2 Å². The third-order valence-corrected chi connectivity index (χ3v) is 4.90. The van der Waals surface area contributed by atoms with Gasteiger partial charge in [-0.05, 0) is 31.0 Å². The summed E-state index contributed by atoms with van der Waals surface area (Å²) in [4.78, 5) is 22.6. The number of nitrogens with zero attached hydrogens (tertiary/aromatic N) is 5. The van der Waals surface area contributed by atoms with E-state index in [0.717, 1.165) is 12.8 Å². The summed E-state index contributed by atoms with van der Waals surface area (Å²) in [5.41, 5.74) is 1.03. The summed E-state index contributed by atoms with van der Waals surface area (Å²) in [5, 5.41) is 7.42. The fraction of sp³-hybridized carbons (Fsp3) is 0.333. The average Bonchev–Trinajstić information content (AvgIpc) is 3.18. The fourth-order valence-electron chi connectivity index (χ4n) is 3.19. The molecule has 3 heterocycles. The second kappa shape index (κ2) is 7.97. The number of hydrogen-bond acceptors (Lipinski definition) is 6. The molecule has 4 rings (SSSR count). The minimum atomic E-state index is -0.405. The molecule has 3 aromatic rings. The van der Waals surface area contributed by atoms with Crippen LogP contribution in [-0.2, 0) is 4.79 Å². The van der Waals surface area contributed by atoms with Crippen molar-refractivity contribution >= 4 is 34.4 Å². The first-order valence-corrected chi connectivity index (χ1v) is 9.21. The molecular weight excluding hydrogens is 387 g/mol. The van der Waals surface area contributed by atoms with E-state index in [1.54, 1.807) is 23.2 Å². The Balaban J connectivity index is 1.39. The van der Waals surface area contributed by atoms with Gasteiger partial charge in [-0.1, -0.05) is 6.07 Å². The molecule has 2 aromatic heterocycles. The molecule has 0 spiro atoms. The van der Waals surface area contributed by atoms with Crippen molar-refractivity contribution in [2.45, 2.75) is 18.9 Å². The number of benzene rings is 1. The zero-order valence-corrected chi connectivity index (χ0v) is 15.6. The number of carbonyl (C=O) groups excluding carboxylic acids is 1. The van der Waals surface area contributed by atoms with E-state index in [2.05, 4.69) is 20.2 Å². The van der Waals surface area contributed by atoms with Crippen LogP contribution in [0.4, 0.5) is 10.1 Å². The van der Waals surface area contributed by atoms with Gasteiger partial charge in [-0.15, -0.1) is 0 Å². The van der Waals surface area contributed by atoms with Crippen LogP contribution in [0.2, 0.25) is 0 Å². The molecule has 0 bridgehead atoms. The van der Waals surface area contributed by atoms with E-state index in [1.807, 2.05) is 0 Å². The Labute approximate surface area is 165 Å². The molecule has 0 aliphatic carbocycles. The van der Waals surface area contributed by atoms with Gasteiger partial charge in [0.15, 0.2) is 5.65 Å². The Hall–Kier alpha value is -2.94. The number of piperidine rings is 1. The summed E-state index contributed by atoms with van der Waals surface area (Å²) in [6.45, 7) is 0.991. The molecule has 1 fully saturated rings. The molecule has 8 nitrogen and oxygen atoms in total. The SMILES string of the molecule is O=C(CN(Cl)c1cccc(F)c1)N1CCC[C@H](Oc2ncnc3[nH]ncc23)C1. The Morgan fingerprint density at radius 3 is 3.18 bits per heavy atom. The number of amides is 1. The topological polar surface area (TPSA) is 87.2 Å². The monoisotopic (exact) mass is 404 g/mol. The number of ether oxygens (including phenoxy) is 1. The number of nitrogens with one attached hydrogen (secondary N) is 1. The lowest BCUT2D eigenvalue weighted by Crippen LogP contribution is -2.47. The summed E-state index contributed by atoms with van der Waals surface area (Å²) < 4.78 is 20.6. The van der Waals surface area contributed by atoms with E-state index in [0.29, 0.717) is 35.7 Å². The van der Waals surface area contributed by atoms with Gasteiger partial charge in [-0.25, -0.2) is 14.4 Å². The minimum Gasteiger partial charge on any atom is -0.472 e. The highest BCUT2D eigenvalue weighted by molar-refractivity contribution is 6.27. The Morgan fingerprint density at radius 2 is 2.32 bits per heavy atom. The number of hydrogen-bond donors (Lipinski definition) is 1. The fourth-order valence-corrected chi connectivity index (χ4v) is 3.40. The summed E-state index contributed by atoms with van der Waals surface area (Å²) in [6, 6.07) is 5.81. The lowest BCUT2D eigenvalue weighted by atomic mass is 10.1.